The lowest BCUT2D eigenvalue weighted by Gasteiger charge is -2.36. The molecule has 2 rings (SSSR count). The van der Waals surface area contributed by atoms with E-state index in [9.17, 15) is 18.0 Å². The molecule has 1 aliphatic rings. The zero-order valence-corrected chi connectivity index (χ0v) is 17.8. The highest BCUT2D eigenvalue weighted by Crippen LogP contribution is 2.37. The Morgan fingerprint density at radius 1 is 1.14 bits per heavy atom. The van der Waals surface area contributed by atoms with Crippen LogP contribution in [0.1, 0.15) is 46.5 Å². The second kappa shape index (κ2) is 9.13. The van der Waals surface area contributed by atoms with Gasteiger partial charge >= 0.3 is 11.9 Å². The topological polar surface area (TPSA) is 116 Å². The number of carbonyl (C=O) groups excluding carboxylic acids is 1. The summed E-state index contributed by atoms with van der Waals surface area (Å²) in [5.74, 6) is -1.24. The van der Waals surface area contributed by atoms with Gasteiger partial charge in [-0.2, -0.15) is 0 Å². The van der Waals surface area contributed by atoms with E-state index in [2.05, 4.69) is 0 Å². The molecule has 162 valence electrons. The van der Waals surface area contributed by atoms with Crippen molar-refractivity contribution in [2.45, 2.75) is 61.7 Å². The van der Waals surface area contributed by atoms with Crippen LogP contribution < -0.4 is 4.74 Å². The number of aliphatic carboxylic acids is 1. The second-order valence-corrected chi connectivity index (χ2v) is 10.2. The van der Waals surface area contributed by atoms with Gasteiger partial charge in [0.2, 0.25) is 0 Å². The molecule has 29 heavy (non-hydrogen) atoms. The molecule has 1 saturated heterocycles. The average molecular weight is 429 g/mol. The fourth-order valence-electron chi connectivity index (χ4n) is 3.01. The SMILES string of the molecule is CC(C)(C)OC(=O)C1(S(=O)(=O)c2ccc(OCCCC(=O)O)cc2)CCOCC1. The Balaban J connectivity index is 2.23. The summed E-state index contributed by atoms with van der Waals surface area (Å²) in [6, 6.07) is 5.78. The normalized spacial score (nSPS) is 16.8. The van der Waals surface area contributed by atoms with E-state index in [1.807, 2.05) is 0 Å². The van der Waals surface area contributed by atoms with E-state index in [-0.39, 0.29) is 44.0 Å². The van der Waals surface area contributed by atoms with Crippen LogP contribution in [0.2, 0.25) is 0 Å². The minimum atomic E-state index is -4.04. The van der Waals surface area contributed by atoms with Crippen molar-refractivity contribution in [3.8, 4) is 5.75 Å². The third-order valence-electron chi connectivity index (χ3n) is 4.52. The summed E-state index contributed by atoms with van der Waals surface area (Å²) in [5, 5.41) is 8.63. The number of rotatable bonds is 8. The molecule has 1 heterocycles. The fraction of sp³-hybridized carbons (Fsp3) is 0.600. The predicted molar refractivity (Wildman–Crippen MR) is 105 cm³/mol. The molecule has 9 heteroatoms. The molecule has 0 aliphatic carbocycles. The van der Waals surface area contributed by atoms with Gasteiger partial charge < -0.3 is 19.3 Å². The van der Waals surface area contributed by atoms with Crippen LogP contribution in [0.4, 0.5) is 0 Å². The van der Waals surface area contributed by atoms with E-state index in [4.69, 9.17) is 19.3 Å². The molecule has 0 unspecified atom stereocenters. The van der Waals surface area contributed by atoms with Crippen molar-refractivity contribution in [3.05, 3.63) is 24.3 Å². The fourth-order valence-corrected chi connectivity index (χ4v) is 4.92. The highest BCUT2D eigenvalue weighted by atomic mass is 32.2. The number of benzene rings is 1. The molecule has 0 aromatic heterocycles. The van der Waals surface area contributed by atoms with Gasteiger partial charge in [0.25, 0.3) is 0 Å². The zero-order chi connectivity index (χ0) is 21.7. The Hall–Kier alpha value is -2.13. The van der Waals surface area contributed by atoms with Crippen LogP contribution in [0, 0.1) is 0 Å². The minimum Gasteiger partial charge on any atom is -0.494 e. The standard InChI is InChI=1S/C20H28O8S/c1-19(2,3)28-18(23)20(10-13-26-14-11-20)29(24,25)16-8-6-15(7-9-16)27-12-4-5-17(21)22/h6-9H,4-5,10-14H2,1-3H3,(H,21,22). The van der Waals surface area contributed by atoms with Crippen LogP contribution in [0.15, 0.2) is 29.2 Å². The molecule has 1 aliphatic heterocycles. The Bertz CT molecular complexity index is 815. The van der Waals surface area contributed by atoms with Crippen molar-refractivity contribution in [1.29, 1.82) is 0 Å². The highest BCUT2D eigenvalue weighted by molar-refractivity contribution is 7.93. The molecule has 1 aromatic carbocycles. The first kappa shape index (κ1) is 23.2. The number of ether oxygens (including phenoxy) is 3. The Morgan fingerprint density at radius 2 is 1.72 bits per heavy atom. The summed E-state index contributed by atoms with van der Waals surface area (Å²) in [6.07, 6.45) is 0.388. The number of carboxylic acid groups (broad SMARTS) is 1. The molecule has 0 atom stereocenters. The third kappa shape index (κ3) is 5.70. The largest absolute Gasteiger partial charge is 0.494 e. The molecule has 1 N–H and O–H groups in total. The van der Waals surface area contributed by atoms with Gasteiger partial charge in [-0.1, -0.05) is 0 Å². The van der Waals surface area contributed by atoms with Crippen LogP contribution in [0.25, 0.3) is 0 Å². The van der Waals surface area contributed by atoms with Crippen molar-refractivity contribution in [3.63, 3.8) is 0 Å². The van der Waals surface area contributed by atoms with E-state index in [0.29, 0.717) is 12.2 Å². The summed E-state index contributed by atoms with van der Waals surface area (Å²) in [6.45, 7) is 5.60. The molecular formula is C20H28O8S. The van der Waals surface area contributed by atoms with Gasteiger partial charge in [0, 0.05) is 32.5 Å². The van der Waals surface area contributed by atoms with Crippen molar-refractivity contribution in [2.24, 2.45) is 0 Å². The van der Waals surface area contributed by atoms with Gasteiger partial charge in [-0.3, -0.25) is 9.59 Å². The van der Waals surface area contributed by atoms with E-state index in [0.717, 1.165) is 0 Å². The predicted octanol–water partition coefficient (Wildman–Crippen LogP) is 2.59. The number of sulfone groups is 1. The highest BCUT2D eigenvalue weighted by Gasteiger charge is 2.54. The number of hydrogen-bond acceptors (Lipinski definition) is 7. The molecule has 8 nitrogen and oxygen atoms in total. The maximum atomic E-state index is 13.4. The maximum Gasteiger partial charge on any atom is 0.328 e. The average Bonchev–Trinajstić information content (AvgIpc) is 2.64. The molecule has 0 bridgehead atoms. The third-order valence-corrected chi connectivity index (χ3v) is 7.02. The van der Waals surface area contributed by atoms with Gasteiger partial charge in [0.1, 0.15) is 11.4 Å². The van der Waals surface area contributed by atoms with Crippen LogP contribution in [-0.2, 0) is 28.9 Å². The number of hydrogen-bond donors (Lipinski definition) is 1. The summed E-state index contributed by atoms with van der Waals surface area (Å²) in [7, 11) is -4.04. The van der Waals surface area contributed by atoms with Gasteiger partial charge in [-0.15, -0.1) is 0 Å². The van der Waals surface area contributed by atoms with E-state index in [1.54, 1.807) is 20.8 Å². The van der Waals surface area contributed by atoms with Gasteiger partial charge in [-0.05, 0) is 51.5 Å². The number of carboxylic acids is 1. The van der Waals surface area contributed by atoms with E-state index >= 15 is 0 Å². The number of esters is 1. The summed E-state index contributed by atoms with van der Waals surface area (Å²) >= 11 is 0. The second-order valence-electron chi connectivity index (χ2n) is 7.93. The summed E-state index contributed by atoms with van der Waals surface area (Å²) in [4.78, 5) is 23.4. The van der Waals surface area contributed by atoms with Crippen LogP contribution in [0.3, 0.4) is 0 Å². The molecule has 0 amide bonds. The zero-order valence-electron chi connectivity index (χ0n) is 17.0. The quantitative estimate of drug-likeness (QED) is 0.496. The molecule has 0 radical (unpaired) electrons. The Kier molecular flexibility index (Phi) is 7.29. The molecule has 1 aromatic rings. The van der Waals surface area contributed by atoms with Gasteiger partial charge in [-0.25, -0.2) is 8.42 Å². The molecular weight excluding hydrogens is 400 g/mol. The van der Waals surface area contributed by atoms with Crippen molar-refractivity contribution >= 4 is 21.8 Å². The lowest BCUT2D eigenvalue weighted by atomic mass is 9.99. The smallest absolute Gasteiger partial charge is 0.328 e. The van der Waals surface area contributed by atoms with Crippen LogP contribution >= 0.6 is 0 Å². The lowest BCUT2D eigenvalue weighted by Crippen LogP contribution is -2.53. The maximum absolute atomic E-state index is 13.4. The van der Waals surface area contributed by atoms with Crippen molar-refractivity contribution in [1.82, 2.24) is 0 Å². The first-order chi connectivity index (χ1) is 13.5. The van der Waals surface area contributed by atoms with Gasteiger partial charge in [0.15, 0.2) is 14.6 Å². The summed E-state index contributed by atoms with van der Waals surface area (Å²) in [5.41, 5.74) is -0.814. The van der Waals surface area contributed by atoms with Crippen LogP contribution in [-0.4, -0.2) is 55.6 Å². The first-order valence-corrected chi connectivity index (χ1v) is 11.0. The van der Waals surface area contributed by atoms with E-state index in [1.165, 1.54) is 24.3 Å². The minimum absolute atomic E-state index is 0.00291. The lowest BCUT2D eigenvalue weighted by molar-refractivity contribution is -0.160. The molecule has 0 saturated carbocycles. The summed E-state index contributed by atoms with van der Waals surface area (Å²) < 4.78 is 41.3. The molecule has 1 fully saturated rings. The molecule has 0 spiro atoms. The van der Waals surface area contributed by atoms with Crippen molar-refractivity contribution in [2.75, 3.05) is 19.8 Å². The monoisotopic (exact) mass is 428 g/mol. The number of carbonyl (C=O) groups is 2. The first-order valence-electron chi connectivity index (χ1n) is 9.48. The van der Waals surface area contributed by atoms with E-state index < -0.39 is 32.1 Å². The van der Waals surface area contributed by atoms with Crippen LogP contribution in [0.5, 0.6) is 5.75 Å². The Morgan fingerprint density at radius 3 is 2.24 bits per heavy atom. The Labute approximate surface area is 171 Å². The van der Waals surface area contributed by atoms with Crippen molar-refractivity contribution < 1.29 is 37.3 Å². The van der Waals surface area contributed by atoms with Gasteiger partial charge in [0.05, 0.1) is 11.5 Å².